The fourth-order valence-electron chi connectivity index (χ4n) is 5.01. The highest BCUT2D eigenvalue weighted by Gasteiger charge is 2.39. The van der Waals surface area contributed by atoms with Gasteiger partial charge in [-0.15, -0.1) is 11.3 Å². The second kappa shape index (κ2) is 11.5. The summed E-state index contributed by atoms with van der Waals surface area (Å²) in [6.45, 7) is 8.72. The molecule has 2 amide bonds. The van der Waals surface area contributed by atoms with Crippen molar-refractivity contribution in [1.82, 2.24) is 19.8 Å². The zero-order chi connectivity index (χ0) is 26.7. The van der Waals surface area contributed by atoms with Gasteiger partial charge in [-0.2, -0.15) is 0 Å². The number of carboxylic acid groups (broad SMARTS) is 1. The molecule has 3 heterocycles. The number of aliphatic carboxylic acids is 1. The number of likely N-dealkylation sites (tertiary alicyclic amines) is 1. The van der Waals surface area contributed by atoms with E-state index in [1.807, 2.05) is 32.0 Å². The van der Waals surface area contributed by atoms with Crippen LogP contribution in [-0.2, 0) is 16.0 Å². The van der Waals surface area contributed by atoms with Crippen molar-refractivity contribution in [3.05, 3.63) is 52.0 Å². The van der Waals surface area contributed by atoms with E-state index in [1.165, 1.54) is 9.78 Å². The zero-order valence-electron chi connectivity index (χ0n) is 21.9. The number of thiophene rings is 1. The van der Waals surface area contributed by atoms with Gasteiger partial charge < -0.3 is 19.9 Å². The Labute approximate surface area is 221 Å². The molecular formula is C28H36N4O4S. The first-order valence-corrected chi connectivity index (χ1v) is 13.9. The molecule has 198 valence electrons. The van der Waals surface area contributed by atoms with Gasteiger partial charge in [-0.3, -0.25) is 14.4 Å². The minimum atomic E-state index is -0.895. The highest BCUT2D eigenvalue weighted by molar-refractivity contribution is 7.09. The number of rotatable bonds is 11. The molecule has 3 aromatic rings. The normalized spacial score (nSPS) is 14.8. The van der Waals surface area contributed by atoms with Crippen LogP contribution >= 0.6 is 11.3 Å². The first kappa shape index (κ1) is 26.9. The van der Waals surface area contributed by atoms with Gasteiger partial charge in [-0.25, -0.2) is 4.98 Å². The Balaban J connectivity index is 1.58. The van der Waals surface area contributed by atoms with Crippen molar-refractivity contribution in [2.24, 2.45) is 11.8 Å². The average molecular weight is 525 g/mol. The lowest BCUT2D eigenvalue weighted by atomic mass is 9.96. The first-order chi connectivity index (χ1) is 17.7. The number of carbonyl (C=O) groups excluding carboxylic acids is 2. The molecule has 1 atom stereocenters. The fourth-order valence-corrected chi connectivity index (χ4v) is 5.72. The van der Waals surface area contributed by atoms with Crippen LogP contribution in [0.25, 0.3) is 11.0 Å². The van der Waals surface area contributed by atoms with Gasteiger partial charge in [0.15, 0.2) is 0 Å². The fraction of sp³-hybridized carbons (Fsp3) is 0.500. The molecule has 0 saturated carbocycles. The maximum atomic E-state index is 13.3. The Morgan fingerprint density at radius 1 is 1.16 bits per heavy atom. The summed E-state index contributed by atoms with van der Waals surface area (Å²) in [5.41, 5.74) is 2.23. The summed E-state index contributed by atoms with van der Waals surface area (Å²) in [6.07, 6.45) is 3.19. The number of carboxylic acids is 1. The molecule has 1 aliphatic heterocycles. The van der Waals surface area contributed by atoms with Crippen molar-refractivity contribution in [2.45, 2.75) is 65.5 Å². The second-order valence-electron chi connectivity index (χ2n) is 10.3. The summed E-state index contributed by atoms with van der Waals surface area (Å²) in [5.74, 6) is -0.806. The summed E-state index contributed by atoms with van der Waals surface area (Å²) >= 11 is 1.71. The van der Waals surface area contributed by atoms with Crippen LogP contribution in [0.5, 0.6) is 0 Å². The standard InChI is InChI=1S/C28H36N4O4S/c1-5-20(6-2)32-24-10-9-18(13-22(24)29-25(32)14-21-8-7-11-37-21)26(33)30-23(12-17(3)4)27(34)31-15-19(16-31)28(35)36/h7-11,13,17,19-20,23H,5-6,12,14-16H2,1-4H3,(H,30,33)(H,35,36)/t23-/m0/s1. The first-order valence-electron chi connectivity index (χ1n) is 13.1. The maximum absolute atomic E-state index is 13.3. The van der Waals surface area contributed by atoms with E-state index in [0.717, 1.165) is 36.1 Å². The number of hydrogen-bond acceptors (Lipinski definition) is 5. The molecule has 2 N–H and O–H groups in total. The molecule has 1 saturated heterocycles. The van der Waals surface area contributed by atoms with Crippen LogP contribution in [0.1, 0.15) is 74.1 Å². The number of amides is 2. The third kappa shape index (κ3) is 5.87. The number of carbonyl (C=O) groups is 3. The highest BCUT2D eigenvalue weighted by atomic mass is 32.1. The average Bonchev–Trinajstić information content (AvgIpc) is 3.45. The smallest absolute Gasteiger partial charge is 0.310 e. The predicted molar refractivity (Wildman–Crippen MR) is 145 cm³/mol. The predicted octanol–water partition coefficient (Wildman–Crippen LogP) is 4.74. The molecule has 0 spiro atoms. The van der Waals surface area contributed by atoms with Crippen LogP contribution < -0.4 is 5.32 Å². The molecule has 2 aromatic heterocycles. The molecule has 1 aromatic carbocycles. The van der Waals surface area contributed by atoms with Crippen molar-refractivity contribution in [1.29, 1.82) is 0 Å². The van der Waals surface area contributed by atoms with Crippen LogP contribution in [0.4, 0.5) is 0 Å². The Hall–Kier alpha value is -3.20. The molecule has 9 heteroatoms. The Kier molecular flexibility index (Phi) is 8.32. The van der Waals surface area contributed by atoms with E-state index in [2.05, 4.69) is 35.2 Å². The number of nitrogens with zero attached hydrogens (tertiary/aromatic N) is 3. The van der Waals surface area contributed by atoms with Gasteiger partial charge in [0.1, 0.15) is 11.9 Å². The molecule has 8 nitrogen and oxygen atoms in total. The van der Waals surface area contributed by atoms with Crippen LogP contribution in [0, 0.1) is 11.8 Å². The molecule has 4 rings (SSSR count). The van der Waals surface area contributed by atoms with E-state index < -0.39 is 17.9 Å². The van der Waals surface area contributed by atoms with Gasteiger partial charge in [-0.1, -0.05) is 33.8 Å². The molecule has 1 aliphatic rings. The van der Waals surface area contributed by atoms with Crippen LogP contribution in [-0.4, -0.2) is 56.5 Å². The summed E-state index contributed by atoms with van der Waals surface area (Å²) in [6, 6.07) is 9.34. The largest absolute Gasteiger partial charge is 0.481 e. The zero-order valence-corrected chi connectivity index (χ0v) is 22.8. The number of aromatic nitrogens is 2. The molecule has 0 aliphatic carbocycles. The summed E-state index contributed by atoms with van der Waals surface area (Å²) < 4.78 is 2.31. The number of imidazole rings is 1. The number of hydrogen-bond donors (Lipinski definition) is 2. The van der Waals surface area contributed by atoms with E-state index in [1.54, 1.807) is 17.4 Å². The Morgan fingerprint density at radius 3 is 2.49 bits per heavy atom. The third-order valence-corrected chi connectivity index (χ3v) is 7.97. The topological polar surface area (TPSA) is 105 Å². The minimum absolute atomic E-state index is 0.184. The van der Waals surface area contributed by atoms with Crippen molar-refractivity contribution < 1.29 is 19.5 Å². The Morgan fingerprint density at radius 2 is 1.89 bits per heavy atom. The summed E-state index contributed by atoms with van der Waals surface area (Å²) in [5, 5.41) is 14.1. The van der Waals surface area contributed by atoms with Crippen LogP contribution in [0.3, 0.4) is 0 Å². The lowest BCUT2D eigenvalue weighted by Crippen LogP contribution is -2.59. The van der Waals surface area contributed by atoms with Crippen molar-refractivity contribution in [3.63, 3.8) is 0 Å². The van der Waals surface area contributed by atoms with Gasteiger partial charge >= 0.3 is 5.97 Å². The monoisotopic (exact) mass is 524 g/mol. The number of benzene rings is 1. The van der Waals surface area contributed by atoms with E-state index in [-0.39, 0.29) is 30.8 Å². The van der Waals surface area contributed by atoms with E-state index in [9.17, 15) is 14.4 Å². The van der Waals surface area contributed by atoms with Crippen LogP contribution in [0.15, 0.2) is 35.7 Å². The van der Waals surface area contributed by atoms with E-state index in [0.29, 0.717) is 18.0 Å². The molecule has 0 bridgehead atoms. The molecule has 37 heavy (non-hydrogen) atoms. The van der Waals surface area contributed by atoms with E-state index >= 15 is 0 Å². The van der Waals surface area contributed by atoms with E-state index in [4.69, 9.17) is 10.1 Å². The molecule has 0 radical (unpaired) electrons. The quantitative estimate of drug-likeness (QED) is 0.377. The number of fused-ring (bicyclic) bond motifs is 1. The molecule has 0 unspecified atom stereocenters. The molecule has 1 fully saturated rings. The third-order valence-electron chi connectivity index (χ3n) is 7.10. The van der Waals surface area contributed by atoms with Gasteiger partial charge in [-0.05, 0) is 54.8 Å². The van der Waals surface area contributed by atoms with Gasteiger partial charge in [0.05, 0.1) is 17.0 Å². The van der Waals surface area contributed by atoms with Gasteiger partial charge in [0.25, 0.3) is 5.91 Å². The van der Waals surface area contributed by atoms with Gasteiger partial charge in [0, 0.05) is 36.0 Å². The summed E-state index contributed by atoms with van der Waals surface area (Å²) in [4.78, 5) is 45.2. The van der Waals surface area contributed by atoms with Crippen molar-refractivity contribution in [2.75, 3.05) is 13.1 Å². The lowest BCUT2D eigenvalue weighted by Gasteiger charge is -2.39. The SMILES string of the molecule is CCC(CC)n1c(Cc2cccs2)nc2cc(C(=O)N[C@@H](CC(C)C)C(=O)N3CC(C(=O)O)C3)ccc21. The summed E-state index contributed by atoms with van der Waals surface area (Å²) in [7, 11) is 0. The number of nitrogens with one attached hydrogen (secondary N) is 1. The molecular weight excluding hydrogens is 488 g/mol. The van der Waals surface area contributed by atoms with Crippen molar-refractivity contribution >= 4 is 40.2 Å². The van der Waals surface area contributed by atoms with Gasteiger partial charge in [0.2, 0.25) is 5.91 Å². The van der Waals surface area contributed by atoms with Crippen LogP contribution in [0.2, 0.25) is 0 Å². The van der Waals surface area contributed by atoms with Crippen molar-refractivity contribution in [3.8, 4) is 0 Å². The lowest BCUT2D eigenvalue weighted by molar-refractivity contribution is -0.153. The highest BCUT2D eigenvalue weighted by Crippen LogP contribution is 2.28. The maximum Gasteiger partial charge on any atom is 0.310 e. The Bertz CT molecular complexity index is 1260. The second-order valence-corrected chi connectivity index (χ2v) is 11.3. The minimum Gasteiger partial charge on any atom is -0.481 e.